The summed E-state index contributed by atoms with van der Waals surface area (Å²) >= 11 is 2.42. The van der Waals surface area contributed by atoms with E-state index >= 15 is 0 Å². The van der Waals surface area contributed by atoms with Crippen LogP contribution in [0.2, 0.25) is 0 Å². The lowest BCUT2D eigenvalue weighted by Gasteiger charge is -2.13. The molecule has 0 bridgehead atoms. The molecule has 0 saturated heterocycles. The first-order valence-corrected chi connectivity index (χ1v) is 6.31. The van der Waals surface area contributed by atoms with Crippen LogP contribution in [0.1, 0.15) is 12.8 Å². The van der Waals surface area contributed by atoms with Gasteiger partial charge in [-0.05, 0) is 12.8 Å². The van der Waals surface area contributed by atoms with Crippen molar-refractivity contribution in [2.45, 2.75) is 23.3 Å². The number of hydrogen-bond donors (Lipinski definition) is 2. The van der Waals surface area contributed by atoms with Crippen LogP contribution >= 0.6 is 24.1 Å². The molecule has 0 aromatic rings. The van der Waals surface area contributed by atoms with Gasteiger partial charge < -0.3 is 10.2 Å². The van der Waals surface area contributed by atoms with E-state index in [1.54, 1.807) is 12.2 Å². The van der Waals surface area contributed by atoms with Crippen LogP contribution in [0.3, 0.4) is 0 Å². The van der Waals surface area contributed by atoms with Gasteiger partial charge in [0.2, 0.25) is 0 Å². The van der Waals surface area contributed by atoms with E-state index in [4.69, 9.17) is 13.8 Å². The Bertz CT molecular complexity index is 158. The molecule has 0 aliphatic rings. The highest BCUT2D eigenvalue weighted by atomic mass is 32.2. The van der Waals surface area contributed by atoms with E-state index in [-0.39, 0.29) is 23.7 Å². The van der Waals surface area contributed by atoms with Crippen LogP contribution in [0.4, 0.5) is 0 Å². The number of aliphatic hydroxyl groups is 2. The summed E-state index contributed by atoms with van der Waals surface area (Å²) in [6.07, 6.45) is 4.89. The third-order valence-corrected chi connectivity index (χ3v) is 3.47. The Kier molecular flexibility index (Phi) is 10.6. The lowest BCUT2D eigenvalue weighted by Crippen LogP contribution is -2.09. The zero-order valence-electron chi connectivity index (χ0n) is 8.67. The molecule has 0 heterocycles. The molecule has 0 rings (SSSR count). The molecule has 0 aromatic heterocycles. The minimum Gasteiger partial charge on any atom is -0.395 e. The summed E-state index contributed by atoms with van der Waals surface area (Å²) in [5.74, 6) is 0. The third-order valence-electron chi connectivity index (χ3n) is 1.62. The summed E-state index contributed by atoms with van der Waals surface area (Å²) in [7, 11) is 0. The minimum atomic E-state index is 0.0121. The predicted octanol–water partition coefficient (Wildman–Crippen LogP) is 2.17. The summed E-state index contributed by atoms with van der Waals surface area (Å²) in [5, 5.41) is 17.9. The minimum absolute atomic E-state index is 0.0121. The largest absolute Gasteiger partial charge is 0.395 e. The molecule has 2 atom stereocenters. The summed E-state index contributed by atoms with van der Waals surface area (Å²) in [6, 6.07) is 0. The molecule has 3 nitrogen and oxygen atoms in total. The molecule has 0 spiro atoms. The van der Waals surface area contributed by atoms with Crippen molar-refractivity contribution in [3.8, 4) is 0 Å². The monoisotopic (exact) mass is 250 g/mol. The maximum absolute atomic E-state index is 8.96. The van der Waals surface area contributed by atoms with Crippen molar-refractivity contribution in [1.82, 2.24) is 0 Å². The van der Waals surface area contributed by atoms with Gasteiger partial charge in [-0.2, -0.15) is 0 Å². The average Bonchev–Trinajstić information content (AvgIpc) is 2.26. The van der Waals surface area contributed by atoms with E-state index in [0.717, 1.165) is 0 Å². The molecule has 0 fully saturated rings. The molecule has 2 unspecified atom stereocenters. The first kappa shape index (κ1) is 15.1. The lowest BCUT2D eigenvalue weighted by atomic mass is 10.3. The predicted molar refractivity (Wildman–Crippen MR) is 67.6 cm³/mol. The van der Waals surface area contributed by atoms with Crippen molar-refractivity contribution in [2.75, 3.05) is 13.2 Å². The van der Waals surface area contributed by atoms with E-state index < -0.39 is 0 Å². The fraction of sp³-hybridized carbons (Fsp3) is 0.600. The second-order valence-electron chi connectivity index (χ2n) is 2.92. The Morgan fingerprint density at radius 2 is 1.40 bits per heavy atom. The van der Waals surface area contributed by atoms with E-state index in [9.17, 15) is 0 Å². The lowest BCUT2D eigenvalue weighted by molar-refractivity contribution is 0.291. The van der Waals surface area contributed by atoms with Gasteiger partial charge in [-0.25, -0.2) is 3.63 Å². The van der Waals surface area contributed by atoms with Crippen molar-refractivity contribution >= 4 is 24.1 Å². The van der Waals surface area contributed by atoms with Gasteiger partial charge in [0.15, 0.2) is 0 Å². The third kappa shape index (κ3) is 7.93. The Balaban J connectivity index is 3.63. The van der Waals surface area contributed by atoms with Gasteiger partial charge in [0.25, 0.3) is 0 Å². The molecular formula is C10H18O3S2. The Morgan fingerprint density at radius 3 is 1.67 bits per heavy atom. The molecule has 0 amide bonds. The smallest absolute Gasteiger partial charge is 0.0589 e. The van der Waals surface area contributed by atoms with Gasteiger partial charge in [-0.15, -0.1) is 13.2 Å². The van der Waals surface area contributed by atoms with E-state index in [1.165, 1.54) is 24.1 Å². The Labute approximate surface area is 100 Å². The molecule has 15 heavy (non-hydrogen) atoms. The van der Waals surface area contributed by atoms with Crippen molar-refractivity contribution in [1.29, 1.82) is 0 Å². The number of allylic oxidation sites excluding steroid dienone is 2. The highest BCUT2D eigenvalue weighted by Gasteiger charge is 2.11. The van der Waals surface area contributed by atoms with E-state index in [1.807, 2.05) is 0 Å². The summed E-state index contributed by atoms with van der Waals surface area (Å²) in [6.45, 7) is 7.31. The molecule has 0 radical (unpaired) electrons. The van der Waals surface area contributed by atoms with Crippen LogP contribution in [-0.4, -0.2) is 33.9 Å². The normalized spacial score (nSPS) is 14.5. The summed E-state index contributed by atoms with van der Waals surface area (Å²) < 4.78 is 5.26. The Morgan fingerprint density at radius 1 is 1.00 bits per heavy atom. The number of rotatable bonds is 10. The molecule has 2 N–H and O–H groups in total. The molecule has 0 saturated carbocycles. The Hall–Kier alpha value is 0.0600. The molecular weight excluding hydrogens is 232 g/mol. The van der Waals surface area contributed by atoms with Crippen molar-refractivity contribution in [3.63, 3.8) is 0 Å². The molecule has 0 aliphatic heterocycles. The zero-order chi connectivity index (χ0) is 11.5. The SMILES string of the molecule is C=CCC(CO)SOSC(CO)CC=C. The average molecular weight is 250 g/mol. The van der Waals surface area contributed by atoms with Crippen molar-refractivity contribution < 1.29 is 13.8 Å². The highest BCUT2D eigenvalue weighted by molar-refractivity contribution is 8.08. The van der Waals surface area contributed by atoms with Crippen LogP contribution < -0.4 is 0 Å². The highest BCUT2D eigenvalue weighted by Crippen LogP contribution is 2.26. The topological polar surface area (TPSA) is 49.7 Å². The number of hydrogen-bond acceptors (Lipinski definition) is 5. The second-order valence-corrected chi connectivity index (χ2v) is 5.18. The fourth-order valence-corrected chi connectivity index (χ4v) is 2.42. The van der Waals surface area contributed by atoms with Gasteiger partial charge in [0.05, 0.1) is 23.7 Å². The van der Waals surface area contributed by atoms with Gasteiger partial charge >= 0.3 is 0 Å². The van der Waals surface area contributed by atoms with Gasteiger partial charge in [0.1, 0.15) is 0 Å². The molecule has 0 aromatic carbocycles. The molecule has 0 aliphatic carbocycles. The second kappa shape index (κ2) is 10.6. The first-order valence-electron chi connectivity index (χ1n) is 4.70. The maximum Gasteiger partial charge on any atom is 0.0589 e. The summed E-state index contributed by atoms with van der Waals surface area (Å²) in [4.78, 5) is 0. The van der Waals surface area contributed by atoms with Crippen molar-refractivity contribution in [3.05, 3.63) is 25.3 Å². The van der Waals surface area contributed by atoms with Crippen LogP contribution in [0, 0.1) is 0 Å². The van der Waals surface area contributed by atoms with Crippen molar-refractivity contribution in [2.24, 2.45) is 0 Å². The summed E-state index contributed by atoms with van der Waals surface area (Å²) in [5.41, 5.74) is 0. The zero-order valence-corrected chi connectivity index (χ0v) is 10.3. The van der Waals surface area contributed by atoms with Crippen LogP contribution in [0.5, 0.6) is 0 Å². The van der Waals surface area contributed by atoms with Crippen LogP contribution in [0.15, 0.2) is 25.3 Å². The standard InChI is InChI=1S/C10H18O3S2/c1-3-5-9(7-11)14-13-15-10(8-12)6-4-2/h3-4,9-12H,1-2,5-8H2. The van der Waals surface area contributed by atoms with Gasteiger partial charge in [0, 0.05) is 24.1 Å². The van der Waals surface area contributed by atoms with Crippen LogP contribution in [0.25, 0.3) is 0 Å². The van der Waals surface area contributed by atoms with E-state index in [2.05, 4.69) is 13.2 Å². The number of aliphatic hydroxyl groups excluding tert-OH is 2. The maximum atomic E-state index is 8.96. The fourth-order valence-electron chi connectivity index (χ4n) is 0.794. The van der Waals surface area contributed by atoms with Gasteiger partial charge in [-0.3, -0.25) is 0 Å². The molecule has 5 heteroatoms. The van der Waals surface area contributed by atoms with E-state index in [0.29, 0.717) is 12.8 Å². The van der Waals surface area contributed by atoms with Gasteiger partial charge in [-0.1, -0.05) is 12.2 Å². The molecule has 88 valence electrons. The first-order chi connectivity index (χ1) is 7.28. The van der Waals surface area contributed by atoms with Crippen LogP contribution in [-0.2, 0) is 3.63 Å². The quantitative estimate of drug-likeness (QED) is 0.460.